The number of carbonyl (C=O) groups is 1. The van der Waals surface area contributed by atoms with Crippen molar-refractivity contribution >= 4 is 23.2 Å². The number of fused-ring (bicyclic) bond motifs is 1. The average molecular weight is 1220 g/mol. The van der Waals surface area contributed by atoms with Crippen molar-refractivity contribution in [1.82, 2.24) is 10.6 Å². The van der Waals surface area contributed by atoms with Crippen LogP contribution < -0.4 is 21.1 Å². The van der Waals surface area contributed by atoms with Crippen LogP contribution in [-0.2, 0) is 24.1 Å². The Morgan fingerprint density at radius 2 is 1.65 bits per heavy atom. The molecular weight excluding hydrogens is 1120 g/mol. The highest BCUT2D eigenvalue weighted by Gasteiger charge is 2.82. The van der Waals surface area contributed by atoms with Gasteiger partial charge >= 0.3 is 5.97 Å². The Balaban J connectivity index is 0.880. The average Bonchev–Trinajstić information content (AvgIpc) is 1.62. The third kappa shape index (κ3) is 9.20. The molecule has 0 aromatic heterocycles. The first-order valence-electron chi connectivity index (χ1n) is 37.1. The van der Waals surface area contributed by atoms with Crippen LogP contribution in [0.2, 0.25) is 0 Å². The number of aliphatic hydroxyl groups is 3. The van der Waals surface area contributed by atoms with Crippen LogP contribution in [0, 0.1) is 85.2 Å². The van der Waals surface area contributed by atoms with E-state index in [0.29, 0.717) is 31.1 Å². The van der Waals surface area contributed by atoms with E-state index in [1.165, 1.54) is 128 Å². The summed E-state index contributed by atoms with van der Waals surface area (Å²) in [5, 5.41) is 60.7. The Morgan fingerprint density at radius 3 is 2.47 bits per heavy atom. The van der Waals surface area contributed by atoms with Crippen LogP contribution in [0.4, 0.5) is 0 Å². The van der Waals surface area contributed by atoms with Crippen LogP contribution in [0.5, 0.6) is 0 Å². The first kappa shape index (κ1) is 60.6. The van der Waals surface area contributed by atoms with E-state index in [1.54, 1.807) is 22.3 Å². The molecular formula is C84H106N2O5. The molecule has 0 amide bonds. The fraction of sp³-hybridized carbons (Fsp3) is 0.607. The maximum absolute atomic E-state index is 14.9. The molecule has 17 aliphatic rings. The van der Waals surface area contributed by atoms with E-state index >= 15 is 0 Å². The topological polar surface area (TPSA) is 122 Å². The molecule has 6 saturated carbocycles. The maximum Gasteiger partial charge on any atom is 0.306 e. The van der Waals surface area contributed by atoms with Gasteiger partial charge in [-0.3, -0.25) is 4.79 Å². The van der Waals surface area contributed by atoms with Gasteiger partial charge in [-0.05, 0) is 261 Å². The van der Waals surface area contributed by atoms with Crippen molar-refractivity contribution in [2.75, 3.05) is 13.1 Å². The second-order valence-electron chi connectivity index (χ2n) is 33.4. The van der Waals surface area contributed by atoms with Crippen LogP contribution in [0.1, 0.15) is 210 Å². The standard InChI is InChI=1S/C84H106N2O5/c1-4-5-7-18-56-19-10-11-22-58(56)43-55-31-36-80(47-55)39-40-82(53-80)37-32-63-46-70-71-49-81-35-16-34-78(2)73(89)33-38-83(70,77(78)81)69-45-60-23-12-13-25-65(60)67(68(69)48-81)44-54-17-14-24-59(42-54)61-28-30-74(86-51-61)85-41-15-26-64(57-20-8-6-9-21-57)62(52-87)27-29-66(76(90)91)75-72(88)50-84(71,82)79(63,75)3/h10-14,16-17,19,22-25,28,30,35,42,45,48,52,55,57,63-64,66,69,72-73,75,77,85-89H,4-9,15,18,20-21,26-27,29,31-34,36-41,43-44,46-47,49-51,53H2,1-3H3,(H,90,91)/b62-52+/t55-,63-,64-,66+,69+,72+,73-,75-,77+,78+,79+,80+,81+,82-,83-,84+/m0/s1. The second-order valence-corrected chi connectivity index (χ2v) is 33.4. The minimum Gasteiger partial charge on any atom is -0.516 e. The zero-order valence-electron chi connectivity index (χ0n) is 55.4. The molecule has 91 heavy (non-hydrogen) atoms. The molecule has 3 aromatic rings. The van der Waals surface area contributed by atoms with Crippen molar-refractivity contribution in [1.29, 1.82) is 0 Å². The first-order chi connectivity index (χ1) is 44.2. The van der Waals surface area contributed by atoms with Gasteiger partial charge in [0.15, 0.2) is 0 Å². The number of rotatable bonds is 8. The van der Waals surface area contributed by atoms with Crippen molar-refractivity contribution in [3.8, 4) is 0 Å². The number of dihydropyridines is 1. The van der Waals surface area contributed by atoms with Gasteiger partial charge in [0.25, 0.3) is 0 Å². The van der Waals surface area contributed by atoms with E-state index in [4.69, 9.17) is 0 Å². The minimum atomic E-state index is -0.770. The quantitative estimate of drug-likeness (QED) is 0.0755. The summed E-state index contributed by atoms with van der Waals surface area (Å²) in [6, 6.07) is 28.1. The number of carboxylic acids is 1. The molecule has 6 aliphatic heterocycles. The van der Waals surface area contributed by atoms with Gasteiger partial charge in [0, 0.05) is 46.6 Å². The van der Waals surface area contributed by atoms with Crippen LogP contribution in [0.25, 0.3) is 17.2 Å². The number of nitrogens with one attached hydrogen (secondary N) is 2. The first-order valence-corrected chi connectivity index (χ1v) is 37.1. The lowest BCUT2D eigenvalue weighted by Crippen LogP contribution is -2.70. The fourth-order valence-corrected chi connectivity index (χ4v) is 26.1. The number of hydrogen-bond donors (Lipinski definition) is 6. The number of aryl methyl sites for hydroxylation is 1. The van der Waals surface area contributed by atoms with Crippen molar-refractivity contribution in [2.24, 2.45) is 85.2 Å². The molecule has 15 bridgehead atoms. The number of unbranched alkanes of at least 4 members (excludes halogenated alkanes) is 2. The van der Waals surface area contributed by atoms with Gasteiger partial charge in [-0.25, -0.2) is 0 Å². The largest absolute Gasteiger partial charge is 0.516 e. The van der Waals surface area contributed by atoms with E-state index in [2.05, 4.69) is 141 Å². The van der Waals surface area contributed by atoms with Gasteiger partial charge in [-0.1, -0.05) is 167 Å². The number of hydrogen-bond acceptors (Lipinski definition) is 6. The van der Waals surface area contributed by atoms with Crippen molar-refractivity contribution in [3.63, 3.8) is 0 Å². The van der Waals surface area contributed by atoms with Gasteiger partial charge in [0.2, 0.25) is 0 Å². The van der Waals surface area contributed by atoms with Gasteiger partial charge in [0.05, 0.1) is 30.2 Å². The van der Waals surface area contributed by atoms with Gasteiger partial charge < -0.3 is 31.1 Å². The second kappa shape index (κ2) is 22.9. The van der Waals surface area contributed by atoms with Crippen molar-refractivity contribution in [3.05, 3.63) is 170 Å². The molecule has 0 radical (unpaired) electrons. The Kier molecular flexibility index (Phi) is 15.3. The van der Waals surface area contributed by atoms with Crippen LogP contribution >= 0.6 is 0 Å². The molecule has 6 heterocycles. The summed E-state index contributed by atoms with van der Waals surface area (Å²) in [4.78, 5) is 14.9. The summed E-state index contributed by atoms with van der Waals surface area (Å²) in [5.74, 6) is 0.885. The number of allylic oxidation sites excluding steroid dienone is 9. The lowest BCUT2D eigenvalue weighted by Gasteiger charge is -2.76. The molecule has 482 valence electrons. The SMILES string of the molecule is CCCCCc1ccccc1C[C@@H]1CC[C@@]2(CC[C@@]3(CC[C@H]4CC5=C6C[C@@]78C=CC[C@]9(C)[C@@H](O)CC[C@@]5([C@@H]5C=c%10ccccc%10=C(Cc%10cccc(c%10)C%10=CC=C(NCCC[C@@H](C%11CCCCC%11)/C(=C/O)CC[C@@H](C(=O)O)[C@H]%11[C@H](O)C[C@]63[C@]4%11C)NC%10)C5=C7)[C@@H]89)C2)C1. The van der Waals surface area contributed by atoms with Gasteiger partial charge in [-0.15, -0.1) is 0 Å². The lowest BCUT2D eigenvalue weighted by molar-refractivity contribution is -0.191. The smallest absolute Gasteiger partial charge is 0.306 e. The highest BCUT2D eigenvalue weighted by molar-refractivity contribution is 5.78. The molecule has 6 fully saturated rings. The Labute approximate surface area is 543 Å². The molecule has 0 unspecified atom stereocenters. The molecule has 16 atom stereocenters. The minimum absolute atomic E-state index is 0.0910. The summed E-state index contributed by atoms with van der Waals surface area (Å²) in [7, 11) is 0. The van der Waals surface area contributed by atoms with E-state index in [0.717, 1.165) is 108 Å². The van der Waals surface area contributed by atoms with E-state index in [1.807, 2.05) is 0 Å². The Hall–Kier alpha value is -5.37. The molecule has 7 heteroatoms. The van der Waals surface area contributed by atoms with Gasteiger partial charge in [0.1, 0.15) is 0 Å². The number of carboxylic acid groups (broad SMARTS) is 1. The zero-order valence-corrected chi connectivity index (χ0v) is 55.4. The summed E-state index contributed by atoms with van der Waals surface area (Å²) in [6.07, 6.45) is 45.8. The maximum atomic E-state index is 14.9. The summed E-state index contributed by atoms with van der Waals surface area (Å²) < 4.78 is 0. The zero-order chi connectivity index (χ0) is 62.1. The summed E-state index contributed by atoms with van der Waals surface area (Å²) in [6.45, 7) is 8.95. The van der Waals surface area contributed by atoms with E-state index in [9.17, 15) is 25.2 Å². The highest BCUT2D eigenvalue weighted by atomic mass is 16.4. The normalized spacial score (nSPS) is 41.0. The monoisotopic (exact) mass is 1220 g/mol. The van der Waals surface area contributed by atoms with Crippen LogP contribution in [0.3, 0.4) is 0 Å². The number of aliphatic carboxylic acids is 1. The number of benzene rings is 3. The highest BCUT2D eigenvalue weighted by Crippen LogP contribution is 2.88. The fourth-order valence-electron chi connectivity index (χ4n) is 26.1. The van der Waals surface area contributed by atoms with Crippen LogP contribution in [-0.4, -0.2) is 51.7 Å². The molecule has 20 rings (SSSR count). The summed E-state index contributed by atoms with van der Waals surface area (Å²) >= 11 is 0. The third-order valence-corrected chi connectivity index (χ3v) is 29.5. The lowest BCUT2D eigenvalue weighted by atomic mass is 9.27. The predicted octanol–water partition coefficient (Wildman–Crippen LogP) is 16.3. The molecule has 11 aliphatic carbocycles. The number of aliphatic hydroxyl groups excluding tert-OH is 3. The molecule has 7 nitrogen and oxygen atoms in total. The Morgan fingerprint density at radius 1 is 0.802 bits per heavy atom. The third-order valence-electron chi connectivity index (χ3n) is 29.5. The van der Waals surface area contributed by atoms with E-state index < -0.39 is 46.3 Å². The molecule has 6 N–H and O–H groups in total. The molecule has 3 aromatic carbocycles. The van der Waals surface area contributed by atoms with E-state index in [-0.39, 0.29) is 45.3 Å². The van der Waals surface area contributed by atoms with Crippen LogP contribution in [0.15, 0.2) is 138 Å². The predicted molar refractivity (Wildman–Crippen MR) is 366 cm³/mol. The van der Waals surface area contributed by atoms with Crippen molar-refractivity contribution in [2.45, 2.75) is 219 Å². The van der Waals surface area contributed by atoms with Gasteiger partial charge in [-0.2, -0.15) is 0 Å². The molecule has 0 saturated heterocycles. The summed E-state index contributed by atoms with van der Waals surface area (Å²) in [5.41, 5.74) is 12.6. The van der Waals surface area contributed by atoms with Crippen molar-refractivity contribution < 1.29 is 25.2 Å². The Bertz CT molecular complexity index is 3710. The molecule has 4 spiro atoms.